The van der Waals surface area contributed by atoms with Crippen molar-refractivity contribution >= 4 is 18.1 Å². The molecule has 2 aromatic rings. The van der Waals surface area contributed by atoms with E-state index in [1.807, 2.05) is 13.8 Å². The summed E-state index contributed by atoms with van der Waals surface area (Å²) in [5, 5.41) is 0. The number of hydrogen-bond donors (Lipinski definition) is 0. The largest absolute Gasteiger partial charge is 0.513 e. The quantitative estimate of drug-likeness (QED) is 0.0218. The number of aryl methyl sites for hydroxylation is 2. The smallest absolute Gasteiger partial charge is 0.400 e. The van der Waals surface area contributed by atoms with Crippen LogP contribution in [-0.2, 0) is 29.0 Å². The van der Waals surface area contributed by atoms with E-state index in [2.05, 4.69) is 13.8 Å². The average molecular weight is 811 g/mol. The number of rotatable bonds is 36. The highest BCUT2D eigenvalue weighted by Crippen LogP contribution is 2.19. The third kappa shape index (κ3) is 26.5. The van der Waals surface area contributed by atoms with Gasteiger partial charge in [0.15, 0.2) is 0 Å². The zero-order valence-electron chi connectivity index (χ0n) is 36.7. The van der Waals surface area contributed by atoms with Crippen LogP contribution < -0.4 is 0 Å². The molecule has 9 heteroatoms. The van der Waals surface area contributed by atoms with Crippen LogP contribution >= 0.6 is 0 Å². The van der Waals surface area contributed by atoms with Gasteiger partial charge in [0.05, 0.1) is 11.1 Å². The second-order valence-electron chi connectivity index (χ2n) is 16.1. The normalized spacial score (nSPS) is 12.2. The van der Waals surface area contributed by atoms with Gasteiger partial charge in [0.2, 0.25) is 12.6 Å². The van der Waals surface area contributed by atoms with Crippen LogP contribution in [0.4, 0.5) is 4.79 Å². The summed E-state index contributed by atoms with van der Waals surface area (Å²) >= 11 is 0. The molecule has 2 aromatic carbocycles. The fourth-order valence-corrected chi connectivity index (χ4v) is 6.82. The van der Waals surface area contributed by atoms with Crippen LogP contribution in [-0.4, -0.2) is 30.7 Å². The molecule has 0 N–H and O–H groups in total. The minimum Gasteiger partial charge on any atom is -0.400 e. The Bertz CT molecular complexity index is 1210. The lowest BCUT2D eigenvalue weighted by Crippen LogP contribution is -2.28. The Balaban J connectivity index is 1.87. The SMILES string of the molecule is CCCCCCCCCCCCCCCC(OOC(=O)c1ccc(C)cc1)OC(=O)OC(CCCCCCCCCCCCCCC)OOC(=O)c1ccc(C)cc1. The van der Waals surface area contributed by atoms with E-state index in [0.29, 0.717) is 36.8 Å². The molecule has 0 radical (unpaired) electrons. The van der Waals surface area contributed by atoms with Crippen molar-refractivity contribution in [3.63, 3.8) is 0 Å². The zero-order chi connectivity index (χ0) is 41.9. The van der Waals surface area contributed by atoms with Gasteiger partial charge in [-0.3, -0.25) is 9.78 Å². The Kier molecular flexibility index (Phi) is 30.1. The minimum atomic E-state index is -1.19. The van der Waals surface area contributed by atoms with Crippen molar-refractivity contribution in [2.45, 2.75) is 220 Å². The molecule has 0 aliphatic rings. The molecule has 0 aromatic heterocycles. The Morgan fingerprint density at radius 3 is 0.931 bits per heavy atom. The molecule has 0 aliphatic carbocycles. The van der Waals surface area contributed by atoms with Gasteiger partial charge in [0.1, 0.15) is 0 Å². The second-order valence-corrected chi connectivity index (χ2v) is 16.1. The first-order valence-corrected chi connectivity index (χ1v) is 23.1. The number of benzene rings is 2. The van der Waals surface area contributed by atoms with Crippen molar-refractivity contribution in [1.29, 1.82) is 0 Å². The summed E-state index contributed by atoms with van der Waals surface area (Å²) in [5.74, 6) is -1.39. The lowest BCUT2D eigenvalue weighted by Gasteiger charge is -2.20. The molecule has 328 valence electrons. The fourth-order valence-electron chi connectivity index (χ4n) is 6.82. The highest BCUT2D eigenvalue weighted by Gasteiger charge is 2.25. The van der Waals surface area contributed by atoms with Gasteiger partial charge in [0, 0.05) is 12.8 Å². The molecule has 0 saturated carbocycles. The number of carbonyl (C=O) groups is 3. The van der Waals surface area contributed by atoms with Crippen molar-refractivity contribution in [2.75, 3.05) is 0 Å². The van der Waals surface area contributed by atoms with Crippen molar-refractivity contribution in [3.8, 4) is 0 Å². The summed E-state index contributed by atoms with van der Waals surface area (Å²) in [6, 6.07) is 13.8. The third-order valence-corrected chi connectivity index (χ3v) is 10.6. The molecule has 0 aliphatic heterocycles. The predicted molar refractivity (Wildman–Crippen MR) is 231 cm³/mol. The van der Waals surface area contributed by atoms with E-state index >= 15 is 0 Å². The van der Waals surface area contributed by atoms with Gasteiger partial charge in [-0.25, -0.2) is 14.4 Å². The highest BCUT2D eigenvalue weighted by molar-refractivity contribution is 5.89. The van der Waals surface area contributed by atoms with E-state index in [9.17, 15) is 14.4 Å². The Morgan fingerprint density at radius 1 is 0.397 bits per heavy atom. The molecule has 9 nitrogen and oxygen atoms in total. The molecule has 58 heavy (non-hydrogen) atoms. The summed E-state index contributed by atoms with van der Waals surface area (Å²) in [6.45, 7) is 8.35. The van der Waals surface area contributed by atoms with E-state index in [4.69, 9.17) is 29.0 Å². The fraction of sp³-hybridized carbons (Fsp3) is 0.694. The third-order valence-electron chi connectivity index (χ3n) is 10.6. The first-order valence-electron chi connectivity index (χ1n) is 23.1. The molecular formula is C49H78O9. The summed E-state index contributed by atoms with van der Waals surface area (Å²) < 4.78 is 11.1. The molecule has 2 rings (SSSR count). The van der Waals surface area contributed by atoms with E-state index < -0.39 is 30.7 Å². The van der Waals surface area contributed by atoms with Crippen LogP contribution in [0.15, 0.2) is 48.5 Å². The summed E-state index contributed by atoms with van der Waals surface area (Å²) in [7, 11) is 0. The molecule has 2 unspecified atom stereocenters. The van der Waals surface area contributed by atoms with Gasteiger partial charge >= 0.3 is 18.1 Å². The average Bonchev–Trinajstić information content (AvgIpc) is 3.22. The van der Waals surface area contributed by atoms with Crippen LogP contribution in [0.5, 0.6) is 0 Å². The predicted octanol–water partition coefficient (Wildman–Crippen LogP) is 14.9. The van der Waals surface area contributed by atoms with Crippen LogP contribution in [0, 0.1) is 13.8 Å². The summed E-state index contributed by atoms with van der Waals surface area (Å²) in [6.07, 6.45) is 28.3. The van der Waals surface area contributed by atoms with Gasteiger partial charge in [-0.15, -0.1) is 9.78 Å². The van der Waals surface area contributed by atoms with Crippen LogP contribution in [0.25, 0.3) is 0 Å². The lowest BCUT2D eigenvalue weighted by molar-refractivity contribution is -0.348. The van der Waals surface area contributed by atoms with Gasteiger partial charge < -0.3 is 9.47 Å². The molecule has 0 spiro atoms. The lowest BCUT2D eigenvalue weighted by atomic mass is 10.0. The van der Waals surface area contributed by atoms with E-state index in [-0.39, 0.29) is 0 Å². The van der Waals surface area contributed by atoms with Gasteiger partial charge in [0.25, 0.3) is 0 Å². The van der Waals surface area contributed by atoms with Crippen LogP contribution in [0.2, 0.25) is 0 Å². The Hall–Kier alpha value is -3.43. The molecule has 0 heterocycles. The number of ether oxygens (including phenoxy) is 2. The maximum absolute atomic E-state index is 13.2. The van der Waals surface area contributed by atoms with Crippen LogP contribution in [0.3, 0.4) is 0 Å². The summed E-state index contributed by atoms with van der Waals surface area (Å²) in [4.78, 5) is 59.6. The molecule has 0 fully saturated rings. The summed E-state index contributed by atoms with van der Waals surface area (Å²) in [5.41, 5.74) is 2.64. The first kappa shape index (κ1) is 50.7. The van der Waals surface area contributed by atoms with Crippen molar-refractivity contribution in [2.24, 2.45) is 0 Å². The minimum absolute atomic E-state index is 0.306. The van der Waals surface area contributed by atoms with Gasteiger partial charge in [-0.1, -0.05) is 203 Å². The highest BCUT2D eigenvalue weighted by atomic mass is 17.2. The van der Waals surface area contributed by atoms with E-state index in [1.54, 1.807) is 48.5 Å². The molecule has 0 saturated heterocycles. The molecule has 0 amide bonds. The Labute approximate surface area is 351 Å². The maximum Gasteiger partial charge on any atom is 0.513 e. The van der Waals surface area contributed by atoms with E-state index in [0.717, 1.165) is 49.7 Å². The second kappa shape index (κ2) is 34.4. The molecule has 0 bridgehead atoms. The van der Waals surface area contributed by atoms with Crippen molar-refractivity contribution < 1.29 is 43.4 Å². The number of carbonyl (C=O) groups excluding carboxylic acids is 3. The van der Waals surface area contributed by atoms with Gasteiger partial charge in [-0.05, 0) is 51.0 Å². The number of hydrogen-bond acceptors (Lipinski definition) is 9. The number of unbranched alkanes of at least 4 members (excludes halogenated alkanes) is 24. The van der Waals surface area contributed by atoms with E-state index in [1.165, 1.54) is 116 Å². The standard InChI is InChI=1S/C49H78O9/c1-5-7-9-11-13-15-17-19-21-23-25-27-29-31-45(55-57-47(50)43-37-33-41(3)34-38-43)53-49(52)54-46(56-58-48(51)44-39-35-42(4)36-40-44)32-30-28-26-24-22-20-18-16-14-12-10-8-6-2/h33-40,45-46H,5-32H2,1-4H3. The monoisotopic (exact) mass is 811 g/mol. The first-order chi connectivity index (χ1) is 28.3. The van der Waals surface area contributed by atoms with Crippen molar-refractivity contribution in [3.05, 3.63) is 70.8 Å². The van der Waals surface area contributed by atoms with Gasteiger partial charge in [-0.2, -0.15) is 0 Å². The van der Waals surface area contributed by atoms with Crippen LogP contribution in [0.1, 0.15) is 225 Å². The molecular weight excluding hydrogens is 733 g/mol. The Morgan fingerprint density at radius 2 is 0.655 bits per heavy atom. The molecule has 2 atom stereocenters. The maximum atomic E-state index is 13.2. The topological polar surface area (TPSA) is 107 Å². The van der Waals surface area contributed by atoms with Crippen molar-refractivity contribution in [1.82, 2.24) is 0 Å². The zero-order valence-corrected chi connectivity index (χ0v) is 36.7.